The maximum atomic E-state index is 11.8. The van der Waals surface area contributed by atoms with Crippen molar-refractivity contribution in [2.45, 2.75) is 44.6 Å². The van der Waals surface area contributed by atoms with Crippen LogP contribution in [0.5, 0.6) is 0 Å². The van der Waals surface area contributed by atoms with Crippen molar-refractivity contribution in [3.05, 3.63) is 0 Å². The van der Waals surface area contributed by atoms with Crippen LogP contribution in [0, 0.1) is 5.92 Å². The molecule has 20 heavy (non-hydrogen) atoms. The molecular formula is C14H25N3O3. The van der Waals surface area contributed by atoms with Crippen molar-refractivity contribution < 1.29 is 14.7 Å². The van der Waals surface area contributed by atoms with Gasteiger partial charge in [-0.15, -0.1) is 0 Å². The third-order valence-corrected chi connectivity index (χ3v) is 4.33. The lowest BCUT2D eigenvalue weighted by Gasteiger charge is -2.44. The van der Waals surface area contributed by atoms with E-state index in [0.29, 0.717) is 24.9 Å². The normalized spacial score (nSPS) is 28.1. The summed E-state index contributed by atoms with van der Waals surface area (Å²) in [4.78, 5) is 24.5. The molecule has 3 heterocycles. The van der Waals surface area contributed by atoms with Crippen LogP contribution in [-0.4, -0.2) is 54.2 Å². The van der Waals surface area contributed by atoms with Gasteiger partial charge in [-0.2, -0.15) is 0 Å². The largest absolute Gasteiger partial charge is 0.481 e. The molecule has 6 heteroatoms. The number of carbonyl (C=O) groups excluding carboxylic acids is 1. The van der Waals surface area contributed by atoms with E-state index in [2.05, 4.69) is 15.5 Å². The van der Waals surface area contributed by atoms with E-state index in [0.717, 1.165) is 19.4 Å². The Morgan fingerprint density at radius 3 is 2.50 bits per heavy atom. The number of carbonyl (C=O) groups is 2. The van der Waals surface area contributed by atoms with Crippen molar-refractivity contribution in [3.63, 3.8) is 0 Å². The van der Waals surface area contributed by atoms with Crippen LogP contribution in [0.3, 0.4) is 0 Å². The first-order valence-corrected chi connectivity index (χ1v) is 7.63. The fraction of sp³-hybridized carbons (Fsp3) is 0.857. The average molecular weight is 283 g/mol. The van der Waals surface area contributed by atoms with Gasteiger partial charge < -0.3 is 20.6 Å². The van der Waals surface area contributed by atoms with Gasteiger partial charge in [0, 0.05) is 25.6 Å². The number of nitrogens with one attached hydrogen (secondary N) is 2. The molecule has 2 bridgehead atoms. The Balaban J connectivity index is 1.53. The number of fused-ring (bicyclic) bond motifs is 3. The lowest BCUT2D eigenvalue weighted by atomic mass is 9.84. The van der Waals surface area contributed by atoms with E-state index in [1.54, 1.807) is 0 Å². The molecule has 3 aliphatic heterocycles. The molecule has 3 rings (SSSR count). The SMILES string of the molecule is O=C(O)CCCCCNC(=O)NC1CN2CCC1CC2. The van der Waals surface area contributed by atoms with Crippen LogP contribution in [0.15, 0.2) is 0 Å². The van der Waals surface area contributed by atoms with E-state index < -0.39 is 5.97 Å². The highest BCUT2D eigenvalue weighted by Crippen LogP contribution is 2.27. The fourth-order valence-corrected chi connectivity index (χ4v) is 3.13. The molecule has 1 atom stereocenters. The van der Waals surface area contributed by atoms with Gasteiger partial charge in [0.25, 0.3) is 0 Å². The highest BCUT2D eigenvalue weighted by Gasteiger charge is 2.34. The summed E-state index contributed by atoms with van der Waals surface area (Å²) >= 11 is 0. The number of amides is 2. The van der Waals surface area contributed by atoms with E-state index in [1.165, 1.54) is 25.9 Å². The zero-order chi connectivity index (χ0) is 14.4. The average Bonchev–Trinajstić information content (AvgIpc) is 2.43. The van der Waals surface area contributed by atoms with Crippen LogP contribution in [-0.2, 0) is 4.79 Å². The lowest BCUT2D eigenvalue weighted by molar-refractivity contribution is -0.137. The van der Waals surface area contributed by atoms with Crippen LogP contribution >= 0.6 is 0 Å². The van der Waals surface area contributed by atoms with Crippen molar-refractivity contribution in [1.82, 2.24) is 15.5 Å². The summed E-state index contributed by atoms with van der Waals surface area (Å²) in [5, 5.41) is 14.4. The molecule has 3 aliphatic rings. The number of piperidine rings is 3. The highest BCUT2D eigenvalue weighted by molar-refractivity contribution is 5.74. The second-order valence-corrected chi connectivity index (χ2v) is 5.85. The number of rotatable bonds is 7. The van der Waals surface area contributed by atoms with Crippen molar-refractivity contribution in [3.8, 4) is 0 Å². The summed E-state index contributed by atoms with van der Waals surface area (Å²) in [5.74, 6) is -0.112. The first-order chi connectivity index (χ1) is 9.65. The molecule has 0 aliphatic carbocycles. The first-order valence-electron chi connectivity index (χ1n) is 7.63. The zero-order valence-electron chi connectivity index (χ0n) is 11.9. The molecule has 1 unspecified atom stereocenters. The van der Waals surface area contributed by atoms with Crippen LogP contribution < -0.4 is 10.6 Å². The monoisotopic (exact) mass is 283 g/mol. The smallest absolute Gasteiger partial charge is 0.315 e. The Morgan fingerprint density at radius 2 is 1.90 bits per heavy atom. The minimum atomic E-state index is -0.752. The zero-order valence-corrected chi connectivity index (χ0v) is 11.9. The molecule has 3 N–H and O–H groups in total. The Labute approximate surface area is 119 Å². The number of urea groups is 1. The Bertz CT molecular complexity index is 341. The van der Waals surface area contributed by atoms with E-state index in [1.807, 2.05) is 0 Å². The predicted octanol–water partition coefficient (Wildman–Crippen LogP) is 1.02. The van der Waals surface area contributed by atoms with Gasteiger partial charge >= 0.3 is 12.0 Å². The van der Waals surface area contributed by atoms with Gasteiger partial charge in [0.2, 0.25) is 0 Å². The third-order valence-electron chi connectivity index (χ3n) is 4.33. The summed E-state index contributed by atoms with van der Waals surface area (Å²) in [5.41, 5.74) is 0. The van der Waals surface area contributed by atoms with Crippen LogP contribution in [0.1, 0.15) is 38.5 Å². The molecule has 0 spiro atoms. The van der Waals surface area contributed by atoms with Crippen molar-refractivity contribution in [1.29, 1.82) is 0 Å². The minimum absolute atomic E-state index is 0.0815. The van der Waals surface area contributed by atoms with Gasteiger partial charge in [-0.1, -0.05) is 6.42 Å². The maximum Gasteiger partial charge on any atom is 0.315 e. The third kappa shape index (κ3) is 4.67. The minimum Gasteiger partial charge on any atom is -0.481 e. The number of aliphatic carboxylic acids is 1. The molecule has 3 saturated heterocycles. The van der Waals surface area contributed by atoms with E-state index in [-0.39, 0.29) is 12.5 Å². The molecule has 0 aromatic carbocycles. The molecule has 0 aromatic rings. The van der Waals surface area contributed by atoms with E-state index in [9.17, 15) is 9.59 Å². The van der Waals surface area contributed by atoms with Gasteiger partial charge in [0.15, 0.2) is 0 Å². The molecule has 6 nitrogen and oxygen atoms in total. The van der Waals surface area contributed by atoms with Crippen molar-refractivity contribution >= 4 is 12.0 Å². The number of nitrogens with zero attached hydrogens (tertiary/aromatic N) is 1. The summed E-state index contributed by atoms with van der Waals surface area (Å²) in [6, 6.07) is 0.214. The van der Waals surface area contributed by atoms with Crippen LogP contribution in [0.25, 0.3) is 0 Å². The predicted molar refractivity (Wildman–Crippen MR) is 75.6 cm³/mol. The molecule has 2 amide bonds. The van der Waals surface area contributed by atoms with Crippen LogP contribution in [0.4, 0.5) is 4.79 Å². The maximum absolute atomic E-state index is 11.8. The number of hydrogen-bond donors (Lipinski definition) is 3. The fourth-order valence-electron chi connectivity index (χ4n) is 3.13. The molecule has 114 valence electrons. The van der Waals surface area contributed by atoms with E-state index in [4.69, 9.17) is 5.11 Å². The molecule has 0 saturated carbocycles. The number of carboxylic acid groups (broad SMARTS) is 1. The number of carboxylic acids is 1. The van der Waals surface area contributed by atoms with Crippen molar-refractivity contribution in [2.75, 3.05) is 26.2 Å². The van der Waals surface area contributed by atoms with Gasteiger partial charge in [0.1, 0.15) is 0 Å². The lowest BCUT2D eigenvalue weighted by Crippen LogP contribution is -2.58. The highest BCUT2D eigenvalue weighted by atomic mass is 16.4. The van der Waals surface area contributed by atoms with Gasteiger partial charge in [-0.25, -0.2) is 4.79 Å². The molecule has 0 aromatic heterocycles. The van der Waals surface area contributed by atoms with Crippen molar-refractivity contribution in [2.24, 2.45) is 5.92 Å². The summed E-state index contributed by atoms with van der Waals surface area (Å²) < 4.78 is 0. The van der Waals surface area contributed by atoms with E-state index >= 15 is 0 Å². The summed E-state index contributed by atoms with van der Waals surface area (Å²) in [6.07, 6.45) is 4.96. The van der Waals surface area contributed by atoms with Gasteiger partial charge in [-0.05, 0) is 44.7 Å². The number of unbranched alkanes of at least 4 members (excludes halogenated alkanes) is 2. The second-order valence-electron chi connectivity index (χ2n) is 5.85. The second kappa shape index (κ2) is 7.47. The summed E-state index contributed by atoms with van der Waals surface area (Å²) in [6.45, 7) is 3.95. The van der Waals surface area contributed by atoms with Crippen LogP contribution in [0.2, 0.25) is 0 Å². The van der Waals surface area contributed by atoms with Gasteiger partial charge in [-0.3, -0.25) is 4.79 Å². The Morgan fingerprint density at radius 1 is 1.15 bits per heavy atom. The molecular weight excluding hydrogens is 258 g/mol. The first kappa shape index (κ1) is 15.1. The molecule has 3 fully saturated rings. The topological polar surface area (TPSA) is 81.7 Å². The Hall–Kier alpha value is -1.30. The standard InChI is InChI=1S/C14H25N3O3/c18-13(19)4-2-1-3-7-15-14(20)16-12-10-17-8-5-11(12)6-9-17/h11-12H,1-10H2,(H,18,19)(H2,15,16,20). The molecule has 0 radical (unpaired) electrons. The quantitative estimate of drug-likeness (QED) is 0.609. The summed E-state index contributed by atoms with van der Waals surface area (Å²) in [7, 11) is 0. The van der Waals surface area contributed by atoms with Gasteiger partial charge in [0.05, 0.1) is 0 Å². The number of hydrogen-bond acceptors (Lipinski definition) is 3. The Kier molecular flexibility index (Phi) is 5.64.